The molecule has 1 fully saturated rings. The van der Waals surface area contributed by atoms with Crippen LogP contribution in [0.15, 0.2) is 12.3 Å². The van der Waals surface area contributed by atoms with E-state index in [1.807, 2.05) is 17.9 Å². The Labute approximate surface area is 116 Å². The van der Waals surface area contributed by atoms with E-state index in [1.54, 1.807) is 6.07 Å². The number of pyridine rings is 1. The van der Waals surface area contributed by atoms with Crippen molar-refractivity contribution in [2.45, 2.75) is 13.3 Å². The van der Waals surface area contributed by atoms with Gasteiger partial charge in [-0.15, -0.1) is 0 Å². The van der Waals surface area contributed by atoms with Crippen molar-refractivity contribution in [2.24, 2.45) is 11.8 Å². The highest BCUT2D eigenvalue weighted by Gasteiger charge is 2.30. The van der Waals surface area contributed by atoms with E-state index in [4.69, 9.17) is 22.0 Å². The van der Waals surface area contributed by atoms with Gasteiger partial charge in [-0.25, -0.2) is 4.98 Å². The smallest absolute Gasteiger partial charge is 0.308 e. The van der Waals surface area contributed by atoms with Crippen LogP contribution in [0.1, 0.15) is 18.9 Å². The van der Waals surface area contributed by atoms with Gasteiger partial charge >= 0.3 is 5.97 Å². The third kappa shape index (κ3) is 2.96. The second-order valence-electron chi connectivity index (χ2n) is 4.92. The van der Waals surface area contributed by atoms with Gasteiger partial charge in [0.25, 0.3) is 0 Å². The molecule has 2 rings (SSSR count). The third-order valence-electron chi connectivity index (χ3n) is 3.26. The molecule has 2 atom stereocenters. The Hall–Kier alpha value is -1.80. The number of piperidine rings is 1. The third-order valence-corrected chi connectivity index (χ3v) is 3.54. The van der Waals surface area contributed by atoms with E-state index in [9.17, 15) is 4.79 Å². The van der Waals surface area contributed by atoms with Gasteiger partial charge in [0, 0.05) is 19.3 Å². The number of carbonyl (C=O) groups is 1. The fraction of sp³-hybridized carbons (Fsp3) is 0.462. The number of carboxylic acid groups (broad SMARTS) is 1. The fourth-order valence-electron chi connectivity index (χ4n) is 2.43. The lowest BCUT2D eigenvalue weighted by molar-refractivity contribution is -0.142. The molecule has 2 unspecified atom stereocenters. The summed E-state index contributed by atoms with van der Waals surface area (Å²) in [6, 6.07) is 3.53. The Kier molecular flexibility index (Phi) is 3.91. The first-order chi connectivity index (χ1) is 9.01. The van der Waals surface area contributed by atoms with Gasteiger partial charge in [0.2, 0.25) is 0 Å². The number of rotatable bonds is 2. The molecule has 0 aromatic carbocycles. The van der Waals surface area contributed by atoms with Crippen molar-refractivity contribution >= 4 is 23.4 Å². The second-order valence-corrected chi connectivity index (χ2v) is 5.33. The van der Waals surface area contributed by atoms with Crippen molar-refractivity contribution in [1.82, 2.24) is 4.98 Å². The van der Waals surface area contributed by atoms with Crippen molar-refractivity contribution in [3.8, 4) is 6.07 Å². The Morgan fingerprint density at radius 1 is 1.63 bits per heavy atom. The Morgan fingerprint density at radius 3 is 2.95 bits per heavy atom. The summed E-state index contributed by atoms with van der Waals surface area (Å²) in [5, 5.41) is 18.3. The maximum Gasteiger partial charge on any atom is 0.308 e. The molecule has 0 saturated carbocycles. The molecule has 1 aliphatic heterocycles. The molecule has 0 bridgehead atoms. The lowest BCUT2D eigenvalue weighted by atomic mass is 9.90. The van der Waals surface area contributed by atoms with Crippen molar-refractivity contribution in [3.63, 3.8) is 0 Å². The van der Waals surface area contributed by atoms with Gasteiger partial charge in [0.15, 0.2) is 0 Å². The van der Waals surface area contributed by atoms with E-state index in [0.717, 1.165) is 6.54 Å². The van der Waals surface area contributed by atoms with E-state index >= 15 is 0 Å². The highest BCUT2D eigenvalue weighted by molar-refractivity contribution is 6.33. The van der Waals surface area contributed by atoms with Crippen LogP contribution in [-0.4, -0.2) is 29.1 Å². The van der Waals surface area contributed by atoms with Crippen LogP contribution in [-0.2, 0) is 4.79 Å². The quantitative estimate of drug-likeness (QED) is 0.897. The van der Waals surface area contributed by atoms with Gasteiger partial charge < -0.3 is 10.0 Å². The van der Waals surface area contributed by atoms with Gasteiger partial charge in [-0.05, 0) is 18.4 Å². The van der Waals surface area contributed by atoms with Gasteiger partial charge in [-0.3, -0.25) is 4.79 Å². The molecule has 1 saturated heterocycles. The lowest BCUT2D eigenvalue weighted by Crippen LogP contribution is -2.43. The Morgan fingerprint density at radius 2 is 2.37 bits per heavy atom. The molecule has 19 heavy (non-hydrogen) atoms. The standard InChI is InChI=1S/C13H14ClN3O2/c1-8-2-10(13(18)19)7-17(6-8)12-11(14)3-9(4-15)5-16-12/h3,5,8,10H,2,6-7H2,1H3,(H,18,19). The SMILES string of the molecule is CC1CC(C(=O)O)CN(c2ncc(C#N)cc2Cl)C1. The summed E-state index contributed by atoms with van der Waals surface area (Å²) in [4.78, 5) is 17.2. The number of hydrogen-bond donors (Lipinski definition) is 1. The summed E-state index contributed by atoms with van der Waals surface area (Å²) in [5.41, 5.74) is 0.397. The number of hydrogen-bond acceptors (Lipinski definition) is 4. The number of nitriles is 1. The van der Waals surface area contributed by atoms with Crippen LogP contribution in [0.3, 0.4) is 0 Å². The molecule has 0 spiro atoms. The number of aromatic nitrogens is 1. The van der Waals surface area contributed by atoms with Crippen LogP contribution in [0.2, 0.25) is 5.02 Å². The topological polar surface area (TPSA) is 77.2 Å². The van der Waals surface area contributed by atoms with E-state index < -0.39 is 11.9 Å². The van der Waals surface area contributed by atoms with Crippen LogP contribution in [0.25, 0.3) is 0 Å². The summed E-state index contributed by atoms with van der Waals surface area (Å²) in [6.45, 7) is 3.14. The van der Waals surface area contributed by atoms with E-state index in [0.29, 0.717) is 29.4 Å². The number of halogens is 1. The lowest BCUT2D eigenvalue weighted by Gasteiger charge is -2.35. The largest absolute Gasteiger partial charge is 0.481 e. The van der Waals surface area contributed by atoms with E-state index in [2.05, 4.69) is 4.98 Å². The summed E-state index contributed by atoms with van der Waals surface area (Å²) in [5.74, 6) is -0.375. The van der Waals surface area contributed by atoms with Crippen molar-refractivity contribution in [2.75, 3.05) is 18.0 Å². The predicted molar refractivity (Wildman–Crippen MR) is 71.1 cm³/mol. The van der Waals surface area contributed by atoms with Gasteiger partial charge in [-0.2, -0.15) is 5.26 Å². The monoisotopic (exact) mass is 279 g/mol. The average Bonchev–Trinajstić information content (AvgIpc) is 2.37. The van der Waals surface area contributed by atoms with Crippen molar-refractivity contribution in [1.29, 1.82) is 5.26 Å². The maximum atomic E-state index is 11.1. The minimum atomic E-state index is -0.790. The molecule has 1 aliphatic rings. The zero-order valence-electron chi connectivity index (χ0n) is 10.5. The molecule has 6 heteroatoms. The van der Waals surface area contributed by atoms with Crippen molar-refractivity contribution < 1.29 is 9.90 Å². The summed E-state index contributed by atoms with van der Waals surface area (Å²) < 4.78 is 0. The maximum absolute atomic E-state index is 11.1. The highest BCUT2D eigenvalue weighted by atomic mass is 35.5. The summed E-state index contributed by atoms with van der Waals surface area (Å²) in [6.07, 6.45) is 2.12. The Balaban J connectivity index is 2.26. The Bertz CT molecular complexity index is 541. The summed E-state index contributed by atoms with van der Waals surface area (Å²) >= 11 is 6.11. The number of nitrogens with zero attached hydrogens (tertiary/aromatic N) is 3. The first-order valence-corrected chi connectivity index (χ1v) is 6.42. The number of carboxylic acids is 1. The van der Waals surface area contributed by atoms with Crippen LogP contribution in [0, 0.1) is 23.2 Å². The molecule has 1 aromatic rings. The first kappa shape index (κ1) is 13.6. The average molecular weight is 280 g/mol. The summed E-state index contributed by atoms with van der Waals surface area (Å²) in [7, 11) is 0. The van der Waals surface area contributed by atoms with Gasteiger partial charge in [-0.1, -0.05) is 18.5 Å². The minimum absolute atomic E-state index is 0.267. The number of anilines is 1. The fourth-order valence-corrected chi connectivity index (χ4v) is 2.71. The van der Waals surface area contributed by atoms with Crippen LogP contribution < -0.4 is 4.90 Å². The molecule has 0 aliphatic carbocycles. The van der Waals surface area contributed by atoms with Gasteiger partial charge in [0.1, 0.15) is 11.9 Å². The second kappa shape index (κ2) is 5.45. The van der Waals surface area contributed by atoms with Crippen LogP contribution in [0.4, 0.5) is 5.82 Å². The van der Waals surface area contributed by atoms with E-state index in [1.165, 1.54) is 6.20 Å². The molecular formula is C13H14ClN3O2. The van der Waals surface area contributed by atoms with E-state index in [-0.39, 0.29) is 5.92 Å². The minimum Gasteiger partial charge on any atom is -0.481 e. The zero-order valence-corrected chi connectivity index (χ0v) is 11.3. The molecular weight excluding hydrogens is 266 g/mol. The predicted octanol–water partition coefficient (Wildman–Crippen LogP) is 2.15. The molecule has 5 nitrogen and oxygen atoms in total. The zero-order chi connectivity index (χ0) is 14.0. The molecule has 1 aromatic heterocycles. The van der Waals surface area contributed by atoms with Crippen LogP contribution in [0.5, 0.6) is 0 Å². The highest BCUT2D eigenvalue weighted by Crippen LogP contribution is 2.30. The molecule has 100 valence electrons. The first-order valence-electron chi connectivity index (χ1n) is 6.04. The normalized spacial score (nSPS) is 22.9. The molecule has 0 amide bonds. The molecule has 1 N–H and O–H groups in total. The van der Waals surface area contributed by atoms with Gasteiger partial charge in [0.05, 0.1) is 16.5 Å². The van der Waals surface area contributed by atoms with Crippen molar-refractivity contribution in [3.05, 3.63) is 22.8 Å². The molecule has 2 heterocycles. The van der Waals surface area contributed by atoms with Crippen LogP contribution >= 0.6 is 11.6 Å². The molecule has 0 radical (unpaired) electrons. The number of aliphatic carboxylic acids is 1.